The lowest BCUT2D eigenvalue weighted by Gasteiger charge is -2.31. The van der Waals surface area contributed by atoms with Gasteiger partial charge in [0.1, 0.15) is 24.9 Å². The van der Waals surface area contributed by atoms with Gasteiger partial charge in [0.2, 0.25) is 0 Å². The average Bonchev–Trinajstić information content (AvgIpc) is 2.88. The first-order chi connectivity index (χ1) is 8.14. The van der Waals surface area contributed by atoms with E-state index < -0.39 is 5.79 Å². The third kappa shape index (κ3) is 1.38. The number of hydrogen-bond acceptors (Lipinski definition) is 6. The maximum absolute atomic E-state index is 5.86. The third-order valence-corrected chi connectivity index (χ3v) is 3.64. The molecule has 0 aromatic rings. The van der Waals surface area contributed by atoms with E-state index in [9.17, 15) is 0 Å². The lowest BCUT2D eigenvalue weighted by molar-refractivity contribution is -0.213. The van der Waals surface area contributed by atoms with Gasteiger partial charge in [0.15, 0.2) is 12.1 Å². The lowest BCUT2D eigenvalue weighted by atomic mass is 9.93. The largest absolute Gasteiger partial charge is 0.395 e. The molecule has 0 radical (unpaired) electrons. The Bertz CT molecular complexity index is 382. The van der Waals surface area contributed by atoms with E-state index in [2.05, 4.69) is 5.16 Å². The molecule has 3 saturated heterocycles. The van der Waals surface area contributed by atoms with Crippen molar-refractivity contribution in [3.8, 4) is 0 Å². The fourth-order valence-electron chi connectivity index (χ4n) is 2.91. The van der Waals surface area contributed by atoms with Crippen LogP contribution in [0.2, 0.25) is 0 Å². The minimum Gasteiger partial charge on any atom is -0.395 e. The van der Waals surface area contributed by atoms with Crippen LogP contribution in [0.25, 0.3) is 0 Å². The van der Waals surface area contributed by atoms with E-state index in [1.807, 2.05) is 13.8 Å². The van der Waals surface area contributed by atoms with Gasteiger partial charge in [-0.1, -0.05) is 5.16 Å². The van der Waals surface area contributed by atoms with E-state index in [-0.39, 0.29) is 30.5 Å². The number of ether oxygens (including phenoxy) is 4. The third-order valence-electron chi connectivity index (χ3n) is 3.64. The molecule has 0 saturated carbocycles. The Kier molecular flexibility index (Phi) is 1.93. The van der Waals surface area contributed by atoms with Crippen LogP contribution in [-0.2, 0) is 23.8 Å². The van der Waals surface area contributed by atoms with E-state index in [0.29, 0.717) is 13.2 Å². The predicted molar refractivity (Wildman–Crippen MR) is 55.3 cm³/mol. The van der Waals surface area contributed by atoms with Gasteiger partial charge in [0, 0.05) is 0 Å². The van der Waals surface area contributed by atoms with Crippen molar-refractivity contribution in [3.63, 3.8) is 0 Å². The summed E-state index contributed by atoms with van der Waals surface area (Å²) < 4.78 is 23.2. The summed E-state index contributed by atoms with van der Waals surface area (Å²) in [6.07, 6.45) is -0.831. The smallest absolute Gasteiger partial charge is 0.190 e. The van der Waals surface area contributed by atoms with Crippen LogP contribution < -0.4 is 0 Å². The highest BCUT2D eigenvalue weighted by Gasteiger charge is 2.59. The van der Waals surface area contributed by atoms with Gasteiger partial charge >= 0.3 is 0 Å². The molecule has 5 atom stereocenters. The maximum atomic E-state index is 5.86. The van der Waals surface area contributed by atoms with Crippen molar-refractivity contribution >= 4 is 5.71 Å². The van der Waals surface area contributed by atoms with E-state index in [1.165, 1.54) is 0 Å². The van der Waals surface area contributed by atoms with Crippen LogP contribution in [0.1, 0.15) is 13.8 Å². The van der Waals surface area contributed by atoms with Crippen LogP contribution in [0.5, 0.6) is 0 Å². The van der Waals surface area contributed by atoms with Gasteiger partial charge in [-0.05, 0) is 13.8 Å². The van der Waals surface area contributed by atoms with Crippen molar-refractivity contribution in [2.24, 2.45) is 11.1 Å². The SMILES string of the molecule is CC1(C)O[C@H]2O[C@@H]3C4=NOC[C@@H]4CO[C@H]3[C@H]2O1. The Hall–Kier alpha value is -0.690. The van der Waals surface area contributed by atoms with E-state index in [4.69, 9.17) is 23.8 Å². The Morgan fingerprint density at radius 3 is 2.94 bits per heavy atom. The summed E-state index contributed by atoms with van der Waals surface area (Å²) in [5.74, 6) is -0.378. The Labute approximate surface area is 98.8 Å². The molecule has 4 aliphatic rings. The fraction of sp³-hybridized carbons (Fsp3) is 0.909. The molecule has 0 amide bonds. The molecule has 0 unspecified atom stereocenters. The van der Waals surface area contributed by atoms with Crippen molar-refractivity contribution < 1.29 is 23.8 Å². The number of oxime groups is 1. The summed E-state index contributed by atoms with van der Waals surface area (Å²) >= 11 is 0. The van der Waals surface area contributed by atoms with Crippen molar-refractivity contribution in [2.75, 3.05) is 13.2 Å². The molecule has 4 aliphatic heterocycles. The average molecular weight is 241 g/mol. The monoisotopic (exact) mass is 241 g/mol. The minimum atomic E-state index is -0.603. The molecule has 3 fully saturated rings. The summed E-state index contributed by atoms with van der Waals surface area (Å²) in [4.78, 5) is 5.11. The van der Waals surface area contributed by atoms with Gasteiger partial charge in [-0.25, -0.2) is 0 Å². The molecule has 0 aromatic heterocycles. The van der Waals surface area contributed by atoms with Crippen molar-refractivity contribution in [2.45, 2.75) is 44.2 Å². The molecular weight excluding hydrogens is 226 g/mol. The fourth-order valence-corrected chi connectivity index (χ4v) is 2.91. The van der Waals surface area contributed by atoms with Crippen molar-refractivity contribution in [3.05, 3.63) is 0 Å². The molecule has 4 heterocycles. The second-order valence-electron chi connectivity index (χ2n) is 5.33. The summed E-state index contributed by atoms with van der Waals surface area (Å²) in [7, 11) is 0. The number of nitrogens with zero attached hydrogens (tertiary/aromatic N) is 1. The Morgan fingerprint density at radius 1 is 1.18 bits per heavy atom. The van der Waals surface area contributed by atoms with Gasteiger partial charge in [-0.2, -0.15) is 0 Å². The molecule has 0 bridgehead atoms. The van der Waals surface area contributed by atoms with Crippen LogP contribution >= 0.6 is 0 Å². The molecule has 0 aliphatic carbocycles. The topological polar surface area (TPSA) is 58.5 Å². The molecule has 0 N–H and O–H groups in total. The zero-order chi connectivity index (χ0) is 11.6. The minimum absolute atomic E-state index is 0.126. The van der Waals surface area contributed by atoms with Crippen molar-refractivity contribution in [1.29, 1.82) is 0 Å². The lowest BCUT2D eigenvalue weighted by Crippen LogP contribution is -2.48. The normalized spacial score (nSPS) is 50.2. The summed E-state index contributed by atoms with van der Waals surface area (Å²) in [6.45, 7) is 4.97. The van der Waals surface area contributed by atoms with E-state index in [0.717, 1.165) is 5.71 Å². The second-order valence-corrected chi connectivity index (χ2v) is 5.33. The zero-order valence-electron chi connectivity index (χ0n) is 9.79. The quantitative estimate of drug-likeness (QED) is 0.609. The van der Waals surface area contributed by atoms with Gasteiger partial charge in [-0.15, -0.1) is 0 Å². The standard InChI is InChI=1S/C11H15NO5/c1-11(2)16-9-8-7(15-10(9)17-11)6-5(3-13-8)4-14-12-6/h5,7-10H,3-4H2,1-2H3/t5-,7+,8+,9+,10+/m0/s1. The molecule has 0 spiro atoms. The Balaban J connectivity index is 1.61. The summed E-state index contributed by atoms with van der Waals surface area (Å²) in [5, 5.41) is 4.06. The van der Waals surface area contributed by atoms with Crippen LogP contribution in [0.3, 0.4) is 0 Å². The highest BCUT2D eigenvalue weighted by atomic mass is 16.8. The number of fused-ring (bicyclic) bond motifs is 5. The van der Waals surface area contributed by atoms with Gasteiger partial charge in [-0.3, -0.25) is 0 Å². The summed E-state index contributed by atoms with van der Waals surface area (Å²) in [5.41, 5.74) is 0.945. The highest BCUT2D eigenvalue weighted by Crippen LogP contribution is 2.42. The van der Waals surface area contributed by atoms with Crippen molar-refractivity contribution in [1.82, 2.24) is 0 Å². The molecular formula is C11H15NO5. The number of hydrogen-bond donors (Lipinski definition) is 0. The predicted octanol–water partition coefficient (Wildman–Crippen LogP) is 0.264. The van der Waals surface area contributed by atoms with Gasteiger partial charge < -0.3 is 23.8 Å². The van der Waals surface area contributed by atoms with Crippen LogP contribution in [-0.4, -0.2) is 49.3 Å². The summed E-state index contributed by atoms with van der Waals surface area (Å²) in [6, 6.07) is 0. The second kappa shape index (κ2) is 3.20. The first-order valence-electron chi connectivity index (χ1n) is 5.96. The molecule has 6 heteroatoms. The van der Waals surface area contributed by atoms with Gasteiger partial charge in [0.05, 0.1) is 18.2 Å². The first-order valence-corrected chi connectivity index (χ1v) is 5.96. The zero-order valence-corrected chi connectivity index (χ0v) is 9.79. The van der Waals surface area contributed by atoms with Gasteiger partial charge in [0.25, 0.3) is 0 Å². The maximum Gasteiger partial charge on any atom is 0.190 e. The Morgan fingerprint density at radius 2 is 2.06 bits per heavy atom. The molecule has 4 rings (SSSR count). The highest BCUT2D eigenvalue weighted by molar-refractivity contribution is 5.93. The first kappa shape index (κ1) is 10.3. The van der Waals surface area contributed by atoms with Crippen LogP contribution in [0.15, 0.2) is 5.16 Å². The number of rotatable bonds is 0. The van der Waals surface area contributed by atoms with E-state index in [1.54, 1.807) is 0 Å². The van der Waals surface area contributed by atoms with Crippen LogP contribution in [0, 0.1) is 5.92 Å². The molecule has 17 heavy (non-hydrogen) atoms. The molecule has 6 nitrogen and oxygen atoms in total. The molecule has 94 valence electrons. The van der Waals surface area contributed by atoms with Crippen LogP contribution in [0.4, 0.5) is 0 Å². The van der Waals surface area contributed by atoms with E-state index >= 15 is 0 Å². The molecule has 0 aromatic carbocycles.